The van der Waals surface area contributed by atoms with Gasteiger partial charge in [0.15, 0.2) is 5.13 Å². The van der Waals surface area contributed by atoms with E-state index in [0.29, 0.717) is 37.7 Å². The maximum absolute atomic E-state index is 12.6. The third-order valence-corrected chi connectivity index (χ3v) is 5.08. The van der Waals surface area contributed by atoms with Gasteiger partial charge in [0.05, 0.1) is 32.4 Å². The van der Waals surface area contributed by atoms with E-state index in [1.807, 2.05) is 29.2 Å². The van der Waals surface area contributed by atoms with Crippen LogP contribution in [0, 0.1) is 0 Å². The molecule has 8 heteroatoms. The molecule has 0 radical (unpaired) electrons. The first kappa shape index (κ1) is 18.2. The lowest BCUT2D eigenvalue weighted by atomic mass is 10.1. The van der Waals surface area contributed by atoms with Gasteiger partial charge in [0, 0.05) is 17.8 Å². The number of ether oxygens (including phenoxy) is 2. The number of hydrogen-bond acceptors (Lipinski definition) is 6. The molecule has 2 amide bonds. The molecule has 1 N–H and O–H groups in total. The van der Waals surface area contributed by atoms with Gasteiger partial charge in [0.25, 0.3) is 0 Å². The number of hydrogen-bond donors (Lipinski definition) is 1. The van der Waals surface area contributed by atoms with E-state index >= 15 is 0 Å². The number of methoxy groups -OCH3 is 1. The van der Waals surface area contributed by atoms with Gasteiger partial charge in [-0.2, -0.15) is 0 Å². The summed E-state index contributed by atoms with van der Waals surface area (Å²) < 4.78 is 10.00. The van der Waals surface area contributed by atoms with Crippen LogP contribution < -0.4 is 10.1 Å². The maximum atomic E-state index is 12.6. The molecule has 7 nitrogen and oxygen atoms in total. The zero-order valence-electron chi connectivity index (χ0n) is 14.8. The number of thiazole rings is 1. The zero-order valence-corrected chi connectivity index (χ0v) is 15.6. The first-order chi connectivity index (χ1) is 12.6. The molecule has 2 heterocycles. The lowest BCUT2D eigenvalue weighted by molar-refractivity contribution is -0.131. The average Bonchev–Trinajstić information content (AvgIpc) is 3.03. The van der Waals surface area contributed by atoms with E-state index in [1.165, 1.54) is 11.3 Å². The van der Waals surface area contributed by atoms with Crippen LogP contribution in [0.25, 0.3) is 0 Å². The summed E-state index contributed by atoms with van der Waals surface area (Å²) in [5.41, 5.74) is 1.89. The van der Waals surface area contributed by atoms with Gasteiger partial charge in [0.1, 0.15) is 5.75 Å². The molecule has 0 saturated carbocycles. The monoisotopic (exact) mass is 375 g/mol. The number of carbonyl (C=O) groups excluding carboxylic acids is 2. The number of aromatic nitrogens is 1. The Kier molecular flexibility index (Phi) is 5.72. The zero-order chi connectivity index (χ0) is 18.5. The van der Waals surface area contributed by atoms with Crippen molar-refractivity contribution in [2.45, 2.75) is 26.3 Å². The number of rotatable bonds is 5. The van der Waals surface area contributed by atoms with Gasteiger partial charge >= 0.3 is 6.09 Å². The fourth-order valence-electron chi connectivity index (χ4n) is 2.75. The van der Waals surface area contributed by atoms with Crippen LogP contribution in [0.1, 0.15) is 23.1 Å². The largest absolute Gasteiger partial charge is 0.497 e. The highest BCUT2D eigenvalue weighted by Gasteiger charge is 2.24. The third kappa shape index (κ3) is 4.32. The smallest absolute Gasteiger partial charge is 0.413 e. The maximum Gasteiger partial charge on any atom is 0.413 e. The molecule has 0 saturated heterocycles. The van der Waals surface area contributed by atoms with Crippen molar-refractivity contribution in [3.63, 3.8) is 0 Å². The Balaban J connectivity index is 1.61. The van der Waals surface area contributed by atoms with Crippen molar-refractivity contribution >= 4 is 28.5 Å². The van der Waals surface area contributed by atoms with Crippen LogP contribution >= 0.6 is 11.3 Å². The second-order valence-corrected chi connectivity index (χ2v) is 6.91. The summed E-state index contributed by atoms with van der Waals surface area (Å²) in [4.78, 5) is 31.4. The molecule has 0 aliphatic carbocycles. The number of nitrogens with one attached hydrogen (secondary N) is 1. The van der Waals surface area contributed by atoms with Gasteiger partial charge in [0.2, 0.25) is 5.91 Å². The average molecular weight is 375 g/mol. The lowest BCUT2D eigenvalue weighted by Gasteiger charge is -2.26. The van der Waals surface area contributed by atoms with Crippen molar-refractivity contribution in [3.05, 3.63) is 40.4 Å². The highest BCUT2D eigenvalue weighted by molar-refractivity contribution is 7.15. The number of nitrogens with zero attached hydrogens (tertiary/aromatic N) is 2. The molecular weight excluding hydrogens is 354 g/mol. The van der Waals surface area contributed by atoms with E-state index in [9.17, 15) is 9.59 Å². The minimum absolute atomic E-state index is 0.0779. The van der Waals surface area contributed by atoms with Gasteiger partial charge in [-0.15, -0.1) is 0 Å². The third-order valence-electron chi connectivity index (χ3n) is 4.08. The number of benzene rings is 1. The minimum atomic E-state index is -0.508. The molecule has 1 aromatic heterocycles. The van der Waals surface area contributed by atoms with Crippen LogP contribution in [-0.4, -0.2) is 42.1 Å². The van der Waals surface area contributed by atoms with Crippen molar-refractivity contribution in [2.24, 2.45) is 0 Å². The summed E-state index contributed by atoms with van der Waals surface area (Å²) in [7, 11) is 1.62. The van der Waals surface area contributed by atoms with Gasteiger partial charge in [-0.1, -0.05) is 23.5 Å². The molecule has 0 fully saturated rings. The first-order valence-electron chi connectivity index (χ1n) is 8.42. The Morgan fingerprint density at radius 3 is 2.77 bits per heavy atom. The Labute approximate surface area is 155 Å². The number of fused-ring (bicyclic) bond motifs is 1. The summed E-state index contributed by atoms with van der Waals surface area (Å²) >= 11 is 1.39. The van der Waals surface area contributed by atoms with Crippen molar-refractivity contribution in [3.8, 4) is 5.75 Å². The van der Waals surface area contributed by atoms with Gasteiger partial charge in [-0.05, 0) is 24.6 Å². The second-order valence-electron chi connectivity index (χ2n) is 5.82. The summed E-state index contributed by atoms with van der Waals surface area (Å²) in [6.07, 6.45) is 0.530. The van der Waals surface area contributed by atoms with Gasteiger partial charge < -0.3 is 14.4 Å². The van der Waals surface area contributed by atoms with Crippen molar-refractivity contribution in [2.75, 3.05) is 25.6 Å². The molecule has 0 spiro atoms. The summed E-state index contributed by atoms with van der Waals surface area (Å²) in [6, 6.07) is 7.52. The highest BCUT2D eigenvalue weighted by Crippen LogP contribution is 2.28. The quantitative estimate of drug-likeness (QED) is 0.869. The molecule has 1 aliphatic heterocycles. The molecular formula is C18H21N3O4S. The van der Waals surface area contributed by atoms with E-state index < -0.39 is 6.09 Å². The van der Waals surface area contributed by atoms with Crippen LogP contribution in [0.15, 0.2) is 24.3 Å². The van der Waals surface area contributed by atoms with Crippen LogP contribution in [-0.2, 0) is 28.9 Å². The lowest BCUT2D eigenvalue weighted by Crippen LogP contribution is -2.36. The molecule has 0 bridgehead atoms. The van der Waals surface area contributed by atoms with Gasteiger partial charge in [-0.25, -0.2) is 9.78 Å². The molecule has 1 aliphatic rings. The van der Waals surface area contributed by atoms with E-state index in [4.69, 9.17) is 9.47 Å². The first-order valence-corrected chi connectivity index (χ1v) is 9.23. The molecule has 0 unspecified atom stereocenters. The van der Waals surface area contributed by atoms with E-state index in [-0.39, 0.29) is 5.91 Å². The van der Waals surface area contributed by atoms with E-state index in [1.54, 1.807) is 14.0 Å². The number of anilines is 1. The predicted molar refractivity (Wildman–Crippen MR) is 98.6 cm³/mol. The minimum Gasteiger partial charge on any atom is -0.497 e. The summed E-state index contributed by atoms with van der Waals surface area (Å²) in [5, 5.41) is 3.14. The molecule has 26 heavy (non-hydrogen) atoms. The van der Waals surface area contributed by atoms with E-state index in [0.717, 1.165) is 21.9 Å². The summed E-state index contributed by atoms with van der Waals surface area (Å²) in [5.74, 6) is 0.851. The van der Waals surface area contributed by atoms with Crippen molar-refractivity contribution in [1.29, 1.82) is 0 Å². The van der Waals surface area contributed by atoms with Crippen LogP contribution in [0.4, 0.5) is 9.93 Å². The Morgan fingerprint density at radius 2 is 2.08 bits per heavy atom. The SMILES string of the molecule is CCOC(=O)Nc1nc2c(s1)CN(C(=O)Cc1ccc(OC)cc1)CC2. The topological polar surface area (TPSA) is 80.8 Å². The van der Waals surface area contributed by atoms with Crippen molar-refractivity contribution < 1.29 is 19.1 Å². The molecule has 138 valence electrons. The van der Waals surface area contributed by atoms with Crippen LogP contribution in [0.2, 0.25) is 0 Å². The predicted octanol–water partition coefficient (Wildman–Crippen LogP) is 2.85. The highest BCUT2D eigenvalue weighted by atomic mass is 32.1. The second kappa shape index (κ2) is 8.18. The Morgan fingerprint density at radius 1 is 1.31 bits per heavy atom. The fourth-order valence-corrected chi connectivity index (χ4v) is 3.76. The van der Waals surface area contributed by atoms with Crippen LogP contribution in [0.5, 0.6) is 5.75 Å². The molecule has 3 rings (SSSR count). The molecule has 1 aromatic carbocycles. The van der Waals surface area contributed by atoms with Crippen LogP contribution in [0.3, 0.4) is 0 Å². The van der Waals surface area contributed by atoms with Crippen molar-refractivity contribution in [1.82, 2.24) is 9.88 Å². The fraction of sp³-hybridized carbons (Fsp3) is 0.389. The number of amides is 2. The Bertz CT molecular complexity index is 788. The molecule has 0 atom stereocenters. The number of carbonyl (C=O) groups is 2. The van der Waals surface area contributed by atoms with E-state index in [2.05, 4.69) is 10.3 Å². The Hall–Kier alpha value is -2.61. The van der Waals surface area contributed by atoms with Gasteiger partial charge in [-0.3, -0.25) is 10.1 Å². The molecule has 2 aromatic rings. The normalized spacial score (nSPS) is 13.1. The standard InChI is InChI=1S/C18H21N3O4S/c1-3-25-18(23)20-17-19-14-8-9-21(11-15(14)26-17)16(22)10-12-4-6-13(24-2)7-5-12/h4-7H,3,8-11H2,1-2H3,(H,19,20,23). The summed E-state index contributed by atoms with van der Waals surface area (Å²) in [6.45, 7) is 3.21.